The Morgan fingerprint density at radius 1 is 1.15 bits per heavy atom. The molecule has 4 rings (SSSR count). The highest BCUT2D eigenvalue weighted by atomic mass is 16.6. The van der Waals surface area contributed by atoms with Gasteiger partial charge in [-0.1, -0.05) is 30.3 Å². The normalized spacial score (nSPS) is 14.5. The number of aromatic amines is 1. The lowest BCUT2D eigenvalue weighted by Gasteiger charge is -2.33. The third-order valence-electron chi connectivity index (χ3n) is 5.56. The topological polar surface area (TPSA) is 133 Å². The highest BCUT2D eigenvalue weighted by Gasteiger charge is 2.30. The van der Waals surface area contributed by atoms with Crippen molar-refractivity contribution >= 4 is 41.1 Å². The molecule has 11 heteroatoms. The van der Waals surface area contributed by atoms with E-state index in [0.717, 1.165) is 24.3 Å². The Kier molecular flexibility index (Phi) is 6.64. The van der Waals surface area contributed by atoms with E-state index in [9.17, 15) is 14.9 Å². The SMILES string of the molecule is CC(=O)c1ccc(/C=C/c2nc(Nc3cc(C)[nH]n3)c([N+](=O)[O-])c(N3CCN(C)CC3)n2)cc1. The van der Waals surface area contributed by atoms with E-state index in [0.29, 0.717) is 30.3 Å². The van der Waals surface area contributed by atoms with Crippen LogP contribution in [0.4, 0.5) is 23.1 Å². The Morgan fingerprint density at radius 3 is 2.44 bits per heavy atom. The lowest BCUT2D eigenvalue weighted by Crippen LogP contribution is -2.45. The number of benzene rings is 1. The van der Waals surface area contributed by atoms with Gasteiger partial charge in [0.15, 0.2) is 17.4 Å². The molecule has 0 radical (unpaired) electrons. The molecule has 1 aliphatic rings. The van der Waals surface area contributed by atoms with Crippen molar-refractivity contribution in [2.45, 2.75) is 13.8 Å². The van der Waals surface area contributed by atoms with Gasteiger partial charge in [0.2, 0.25) is 11.6 Å². The van der Waals surface area contributed by atoms with Gasteiger partial charge >= 0.3 is 5.69 Å². The molecular formula is C23H26N8O3. The summed E-state index contributed by atoms with van der Waals surface area (Å²) in [5.74, 6) is 1.10. The van der Waals surface area contributed by atoms with Crippen LogP contribution in [0.1, 0.15) is 34.4 Å². The molecule has 3 aromatic rings. The van der Waals surface area contributed by atoms with Gasteiger partial charge < -0.3 is 15.1 Å². The summed E-state index contributed by atoms with van der Waals surface area (Å²) in [5.41, 5.74) is 2.10. The number of aromatic nitrogens is 4. The highest BCUT2D eigenvalue weighted by Crippen LogP contribution is 2.35. The molecule has 11 nitrogen and oxygen atoms in total. The summed E-state index contributed by atoms with van der Waals surface area (Å²) in [6.07, 6.45) is 3.51. The molecule has 3 heterocycles. The molecule has 0 atom stereocenters. The Hall–Kier alpha value is -4.12. The number of likely N-dealkylation sites (N-methyl/N-ethyl adjacent to an activating group) is 1. The van der Waals surface area contributed by atoms with Gasteiger partial charge in [0.1, 0.15) is 0 Å². The summed E-state index contributed by atoms with van der Waals surface area (Å²) in [6, 6.07) is 8.90. The molecule has 1 aromatic carbocycles. The maximum absolute atomic E-state index is 12.1. The van der Waals surface area contributed by atoms with Gasteiger partial charge in [0.05, 0.1) is 4.92 Å². The molecule has 0 unspecified atom stereocenters. The molecule has 34 heavy (non-hydrogen) atoms. The zero-order chi connectivity index (χ0) is 24.2. The molecule has 0 bridgehead atoms. The van der Waals surface area contributed by atoms with E-state index < -0.39 is 4.92 Å². The molecule has 2 aromatic heterocycles. The van der Waals surface area contributed by atoms with Crippen LogP contribution in [-0.2, 0) is 0 Å². The summed E-state index contributed by atoms with van der Waals surface area (Å²) >= 11 is 0. The molecule has 0 saturated carbocycles. The minimum absolute atomic E-state index is 0.00429. The molecule has 176 valence electrons. The maximum Gasteiger partial charge on any atom is 0.353 e. The predicted octanol–water partition coefficient (Wildman–Crippen LogP) is 3.28. The molecule has 1 fully saturated rings. The molecule has 1 saturated heterocycles. The number of nitrogens with one attached hydrogen (secondary N) is 2. The first kappa shape index (κ1) is 23.1. The first-order valence-corrected chi connectivity index (χ1v) is 10.9. The van der Waals surface area contributed by atoms with Crippen molar-refractivity contribution < 1.29 is 9.72 Å². The van der Waals surface area contributed by atoms with Crippen molar-refractivity contribution in [1.29, 1.82) is 0 Å². The van der Waals surface area contributed by atoms with Gasteiger partial charge in [-0.15, -0.1) is 0 Å². The van der Waals surface area contributed by atoms with Gasteiger partial charge in [-0.05, 0) is 32.5 Å². The average Bonchev–Trinajstić information content (AvgIpc) is 3.22. The minimum Gasteiger partial charge on any atom is -0.348 e. The number of aryl methyl sites for hydroxylation is 1. The molecule has 0 aliphatic carbocycles. The standard InChI is InChI=1S/C23H26N8O3/c1-15-14-20(28-27-15)25-22-21(31(33)34)23(30-12-10-29(3)11-13-30)26-19(24-22)9-6-17-4-7-18(8-5-17)16(2)32/h4-9,14H,10-13H2,1-3H3,(H2,24,25,26,27,28)/b9-6+. The summed E-state index contributed by atoms with van der Waals surface area (Å²) in [6.45, 7) is 6.14. The summed E-state index contributed by atoms with van der Waals surface area (Å²) < 4.78 is 0. The van der Waals surface area contributed by atoms with Gasteiger partial charge in [-0.2, -0.15) is 5.10 Å². The van der Waals surface area contributed by atoms with E-state index in [1.54, 1.807) is 30.4 Å². The number of nitrogens with zero attached hydrogens (tertiary/aromatic N) is 6. The van der Waals surface area contributed by atoms with E-state index in [-0.39, 0.29) is 23.1 Å². The van der Waals surface area contributed by atoms with Crippen LogP contribution in [0, 0.1) is 17.0 Å². The number of ketones is 1. The van der Waals surface area contributed by atoms with Crippen LogP contribution >= 0.6 is 0 Å². The second-order valence-corrected chi connectivity index (χ2v) is 8.22. The number of hydrogen-bond acceptors (Lipinski definition) is 9. The van der Waals surface area contributed by atoms with Crippen LogP contribution in [0.5, 0.6) is 0 Å². The predicted molar refractivity (Wildman–Crippen MR) is 130 cm³/mol. The third-order valence-corrected chi connectivity index (χ3v) is 5.56. The maximum atomic E-state index is 12.1. The van der Waals surface area contributed by atoms with E-state index in [1.165, 1.54) is 6.92 Å². The first-order chi connectivity index (χ1) is 16.3. The monoisotopic (exact) mass is 462 g/mol. The van der Waals surface area contributed by atoms with E-state index >= 15 is 0 Å². The van der Waals surface area contributed by atoms with Crippen molar-refractivity contribution in [3.63, 3.8) is 0 Å². The number of Topliss-reactive ketones (excluding diaryl/α,β-unsaturated/α-hetero) is 1. The fourth-order valence-electron chi connectivity index (χ4n) is 3.63. The number of carbonyl (C=O) groups excluding carboxylic acids is 1. The third kappa shape index (κ3) is 5.26. The van der Waals surface area contributed by atoms with E-state index in [2.05, 4.69) is 30.4 Å². The second kappa shape index (κ2) is 9.79. The van der Waals surface area contributed by atoms with Crippen LogP contribution in [0.25, 0.3) is 12.2 Å². The quantitative estimate of drug-likeness (QED) is 0.308. The summed E-state index contributed by atoms with van der Waals surface area (Å²) in [7, 11) is 2.02. The van der Waals surface area contributed by atoms with Crippen molar-refractivity contribution in [2.24, 2.45) is 0 Å². The van der Waals surface area contributed by atoms with Gasteiger partial charge in [-0.3, -0.25) is 20.0 Å². The number of rotatable bonds is 7. The van der Waals surface area contributed by atoms with Crippen molar-refractivity contribution in [3.05, 3.63) is 63.1 Å². The lowest BCUT2D eigenvalue weighted by atomic mass is 10.1. The van der Waals surface area contributed by atoms with Gasteiger partial charge in [0, 0.05) is 43.5 Å². The second-order valence-electron chi connectivity index (χ2n) is 8.22. The van der Waals surface area contributed by atoms with Crippen LogP contribution in [0.2, 0.25) is 0 Å². The van der Waals surface area contributed by atoms with Crippen LogP contribution in [0.3, 0.4) is 0 Å². The molecule has 0 spiro atoms. The van der Waals surface area contributed by atoms with Crippen molar-refractivity contribution in [3.8, 4) is 0 Å². The molecule has 2 N–H and O–H groups in total. The molecule has 1 aliphatic heterocycles. The fourth-order valence-corrected chi connectivity index (χ4v) is 3.63. The highest BCUT2D eigenvalue weighted by molar-refractivity contribution is 5.94. The van der Waals surface area contributed by atoms with Crippen LogP contribution in [0.15, 0.2) is 30.3 Å². The Morgan fingerprint density at radius 2 is 1.85 bits per heavy atom. The number of hydrogen-bond donors (Lipinski definition) is 2. The van der Waals surface area contributed by atoms with Crippen LogP contribution in [-0.4, -0.2) is 69.0 Å². The molecule has 0 amide bonds. The number of carbonyl (C=O) groups is 1. The minimum atomic E-state index is -0.455. The Bertz CT molecular complexity index is 1230. The zero-order valence-electron chi connectivity index (χ0n) is 19.3. The van der Waals surface area contributed by atoms with E-state index in [4.69, 9.17) is 0 Å². The Labute approximate surface area is 196 Å². The summed E-state index contributed by atoms with van der Waals surface area (Å²) in [5, 5.41) is 22.0. The van der Waals surface area contributed by atoms with Gasteiger partial charge in [-0.25, -0.2) is 9.97 Å². The Balaban J connectivity index is 1.74. The van der Waals surface area contributed by atoms with Crippen molar-refractivity contribution in [1.82, 2.24) is 25.1 Å². The smallest absolute Gasteiger partial charge is 0.348 e. The van der Waals surface area contributed by atoms with Crippen molar-refractivity contribution in [2.75, 3.05) is 43.4 Å². The first-order valence-electron chi connectivity index (χ1n) is 10.9. The number of nitro groups is 1. The zero-order valence-corrected chi connectivity index (χ0v) is 19.3. The fraction of sp³-hybridized carbons (Fsp3) is 0.304. The number of piperazine rings is 1. The summed E-state index contributed by atoms with van der Waals surface area (Å²) in [4.78, 5) is 36.2. The van der Waals surface area contributed by atoms with Crippen LogP contribution < -0.4 is 10.2 Å². The number of anilines is 3. The largest absolute Gasteiger partial charge is 0.353 e. The van der Waals surface area contributed by atoms with E-state index in [1.807, 2.05) is 31.0 Å². The average molecular weight is 463 g/mol. The number of H-pyrrole nitrogens is 1. The lowest BCUT2D eigenvalue weighted by molar-refractivity contribution is -0.383. The van der Waals surface area contributed by atoms with Gasteiger partial charge in [0.25, 0.3) is 0 Å². The molecular weight excluding hydrogens is 436 g/mol.